The van der Waals surface area contributed by atoms with Crippen molar-refractivity contribution in [3.8, 4) is 0 Å². The highest BCUT2D eigenvalue weighted by molar-refractivity contribution is 9.10. The van der Waals surface area contributed by atoms with Gasteiger partial charge in [-0.3, -0.25) is 9.48 Å². The fourth-order valence-electron chi connectivity index (χ4n) is 1.52. The van der Waals surface area contributed by atoms with E-state index in [2.05, 4.69) is 31.3 Å². The number of carbonyl (C=O) groups excluding carboxylic acids is 1. The molecule has 2 aromatic rings. The molecule has 0 aliphatic carbocycles. The summed E-state index contributed by atoms with van der Waals surface area (Å²) in [7, 11) is 1.87. The minimum atomic E-state index is -0.195. The van der Waals surface area contributed by atoms with Gasteiger partial charge in [-0.15, -0.1) is 0 Å². The van der Waals surface area contributed by atoms with Gasteiger partial charge in [-0.05, 0) is 35.0 Å². The van der Waals surface area contributed by atoms with E-state index < -0.39 is 0 Å². The zero-order valence-electron chi connectivity index (χ0n) is 10.1. The third-order valence-electron chi connectivity index (χ3n) is 2.72. The first-order valence-corrected chi connectivity index (χ1v) is 6.25. The maximum Gasteiger partial charge on any atom is 0.270 e. The number of aromatic nitrogens is 3. The van der Waals surface area contributed by atoms with Crippen LogP contribution in [0.5, 0.6) is 0 Å². The number of carbonyl (C=O) groups is 1. The smallest absolute Gasteiger partial charge is 0.270 e. The second-order valence-electron chi connectivity index (χ2n) is 3.91. The van der Waals surface area contributed by atoms with E-state index in [1.165, 1.54) is 0 Å². The van der Waals surface area contributed by atoms with Crippen molar-refractivity contribution in [3.63, 3.8) is 0 Å². The molecule has 1 amide bonds. The van der Waals surface area contributed by atoms with Crippen molar-refractivity contribution in [3.05, 3.63) is 46.0 Å². The number of amides is 1. The van der Waals surface area contributed by atoms with Crippen LogP contribution in [0.25, 0.3) is 0 Å². The van der Waals surface area contributed by atoms with E-state index in [1.54, 1.807) is 29.1 Å². The minimum absolute atomic E-state index is 0.195. The quantitative estimate of drug-likeness (QED) is 0.880. The SMILES string of the molecule is Cc1c(CNC(=O)c2cccc(Br)n2)cnn1C. The summed E-state index contributed by atoms with van der Waals surface area (Å²) >= 11 is 3.24. The van der Waals surface area contributed by atoms with Crippen LogP contribution in [0.2, 0.25) is 0 Å². The summed E-state index contributed by atoms with van der Waals surface area (Å²) in [5.41, 5.74) is 2.43. The van der Waals surface area contributed by atoms with Crippen molar-refractivity contribution >= 4 is 21.8 Å². The summed E-state index contributed by atoms with van der Waals surface area (Å²) in [4.78, 5) is 16.0. The monoisotopic (exact) mass is 308 g/mol. The molecule has 6 heteroatoms. The van der Waals surface area contributed by atoms with Gasteiger partial charge in [-0.25, -0.2) is 4.98 Å². The van der Waals surface area contributed by atoms with Crippen LogP contribution in [0.15, 0.2) is 29.0 Å². The molecule has 0 aliphatic rings. The number of nitrogens with one attached hydrogen (secondary N) is 1. The van der Waals surface area contributed by atoms with E-state index >= 15 is 0 Å². The predicted molar refractivity (Wildman–Crippen MR) is 71.1 cm³/mol. The van der Waals surface area contributed by atoms with Gasteiger partial charge in [-0.1, -0.05) is 6.07 Å². The zero-order valence-corrected chi connectivity index (χ0v) is 11.7. The average molecular weight is 309 g/mol. The van der Waals surface area contributed by atoms with Crippen LogP contribution in [0.1, 0.15) is 21.7 Å². The predicted octanol–water partition coefficient (Wildman–Crippen LogP) is 1.82. The molecule has 18 heavy (non-hydrogen) atoms. The molecule has 0 aliphatic heterocycles. The van der Waals surface area contributed by atoms with E-state index in [-0.39, 0.29) is 5.91 Å². The largest absolute Gasteiger partial charge is 0.346 e. The van der Waals surface area contributed by atoms with Crippen molar-refractivity contribution in [2.75, 3.05) is 0 Å². The van der Waals surface area contributed by atoms with Crippen LogP contribution in [0.3, 0.4) is 0 Å². The molecule has 0 unspecified atom stereocenters. The summed E-state index contributed by atoms with van der Waals surface area (Å²) in [6.07, 6.45) is 1.75. The molecule has 0 aromatic carbocycles. The topological polar surface area (TPSA) is 59.8 Å². The first-order chi connectivity index (χ1) is 8.58. The first-order valence-electron chi connectivity index (χ1n) is 5.46. The standard InChI is InChI=1S/C12H13BrN4O/c1-8-9(7-15-17(8)2)6-14-12(18)10-4-3-5-11(13)16-10/h3-5,7H,6H2,1-2H3,(H,14,18). The van der Waals surface area contributed by atoms with Gasteiger partial charge in [0.15, 0.2) is 0 Å². The molecule has 0 fully saturated rings. The van der Waals surface area contributed by atoms with E-state index in [1.807, 2.05) is 14.0 Å². The second kappa shape index (κ2) is 5.30. The van der Waals surface area contributed by atoms with Crippen LogP contribution < -0.4 is 5.32 Å². The number of nitrogens with zero attached hydrogens (tertiary/aromatic N) is 3. The van der Waals surface area contributed by atoms with Crippen LogP contribution in [-0.2, 0) is 13.6 Å². The molecule has 0 spiro atoms. The number of rotatable bonds is 3. The Morgan fingerprint density at radius 1 is 1.50 bits per heavy atom. The highest BCUT2D eigenvalue weighted by atomic mass is 79.9. The molecule has 2 rings (SSSR count). The molecule has 0 radical (unpaired) electrons. The number of aryl methyl sites for hydroxylation is 1. The van der Waals surface area contributed by atoms with Crippen molar-refractivity contribution in [1.82, 2.24) is 20.1 Å². The number of pyridine rings is 1. The van der Waals surface area contributed by atoms with Gasteiger partial charge in [0.2, 0.25) is 0 Å². The highest BCUT2D eigenvalue weighted by Gasteiger charge is 2.09. The Kier molecular flexibility index (Phi) is 3.76. The molecular formula is C12H13BrN4O. The number of halogens is 1. The fourth-order valence-corrected chi connectivity index (χ4v) is 1.86. The fraction of sp³-hybridized carbons (Fsp3) is 0.250. The van der Waals surface area contributed by atoms with Crippen LogP contribution in [-0.4, -0.2) is 20.7 Å². The van der Waals surface area contributed by atoms with Crippen molar-refractivity contribution in [2.24, 2.45) is 7.05 Å². The molecular weight excluding hydrogens is 296 g/mol. The zero-order chi connectivity index (χ0) is 13.1. The summed E-state index contributed by atoms with van der Waals surface area (Å²) in [6.45, 7) is 2.42. The van der Waals surface area contributed by atoms with Gasteiger partial charge in [0.25, 0.3) is 5.91 Å². The van der Waals surface area contributed by atoms with E-state index in [0.717, 1.165) is 11.3 Å². The molecule has 1 N–H and O–H groups in total. The van der Waals surface area contributed by atoms with Crippen LogP contribution in [0, 0.1) is 6.92 Å². The van der Waals surface area contributed by atoms with Gasteiger partial charge in [-0.2, -0.15) is 5.10 Å². The van der Waals surface area contributed by atoms with Gasteiger partial charge in [0.05, 0.1) is 6.20 Å². The van der Waals surface area contributed by atoms with E-state index in [9.17, 15) is 4.79 Å². The maximum atomic E-state index is 11.9. The summed E-state index contributed by atoms with van der Waals surface area (Å²) in [5.74, 6) is -0.195. The van der Waals surface area contributed by atoms with E-state index in [4.69, 9.17) is 0 Å². The number of hydrogen-bond acceptors (Lipinski definition) is 3. The van der Waals surface area contributed by atoms with Gasteiger partial charge < -0.3 is 5.32 Å². The Balaban J connectivity index is 2.03. The maximum absolute atomic E-state index is 11.9. The third-order valence-corrected chi connectivity index (χ3v) is 3.17. The molecule has 2 aromatic heterocycles. The Morgan fingerprint density at radius 3 is 2.89 bits per heavy atom. The molecule has 0 saturated carbocycles. The summed E-state index contributed by atoms with van der Waals surface area (Å²) in [6, 6.07) is 5.24. The van der Waals surface area contributed by atoms with E-state index in [0.29, 0.717) is 16.8 Å². The lowest BCUT2D eigenvalue weighted by Crippen LogP contribution is -2.24. The molecule has 0 saturated heterocycles. The van der Waals surface area contributed by atoms with Gasteiger partial charge >= 0.3 is 0 Å². The molecule has 2 heterocycles. The second-order valence-corrected chi connectivity index (χ2v) is 4.72. The Bertz CT molecular complexity index is 579. The summed E-state index contributed by atoms with van der Waals surface area (Å²) in [5, 5.41) is 6.94. The lowest BCUT2D eigenvalue weighted by atomic mass is 10.2. The van der Waals surface area contributed by atoms with Crippen molar-refractivity contribution in [1.29, 1.82) is 0 Å². The van der Waals surface area contributed by atoms with Crippen molar-refractivity contribution < 1.29 is 4.79 Å². The highest BCUT2D eigenvalue weighted by Crippen LogP contribution is 2.08. The average Bonchev–Trinajstić information content (AvgIpc) is 2.67. The van der Waals surface area contributed by atoms with Crippen molar-refractivity contribution in [2.45, 2.75) is 13.5 Å². The summed E-state index contributed by atoms with van der Waals surface area (Å²) < 4.78 is 2.42. The molecule has 0 bridgehead atoms. The first kappa shape index (κ1) is 12.8. The normalized spacial score (nSPS) is 10.4. The van der Waals surface area contributed by atoms with Gasteiger partial charge in [0.1, 0.15) is 10.3 Å². The lowest BCUT2D eigenvalue weighted by Gasteiger charge is -2.04. The van der Waals surface area contributed by atoms with Crippen LogP contribution >= 0.6 is 15.9 Å². The third kappa shape index (κ3) is 2.76. The van der Waals surface area contributed by atoms with Gasteiger partial charge in [0, 0.05) is 24.8 Å². The Labute approximate surface area is 113 Å². The Hall–Kier alpha value is -1.69. The molecule has 0 atom stereocenters. The lowest BCUT2D eigenvalue weighted by molar-refractivity contribution is 0.0945. The Morgan fingerprint density at radius 2 is 2.28 bits per heavy atom. The molecule has 5 nitrogen and oxygen atoms in total. The minimum Gasteiger partial charge on any atom is -0.346 e. The molecule has 94 valence electrons. The number of hydrogen-bond donors (Lipinski definition) is 1. The van der Waals surface area contributed by atoms with Crippen LogP contribution in [0.4, 0.5) is 0 Å².